The van der Waals surface area contributed by atoms with Crippen LogP contribution in [-0.4, -0.2) is 30.9 Å². The Kier molecular flexibility index (Phi) is 7.52. The molecule has 3 N–H and O–H groups in total. The van der Waals surface area contributed by atoms with Gasteiger partial charge >= 0.3 is 0 Å². The third-order valence-electron chi connectivity index (χ3n) is 4.86. The summed E-state index contributed by atoms with van der Waals surface area (Å²) in [4.78, 5) is 26.8. The van der Waals surface area contributed by atoms with Crippen molar-refractivity contribution in [2.75, 3.05) is 18.0 Å². The van der Waals surface area contributed by atoms with Crippen molar-refractivity contribution in [2.24, 2.45) is 11.1 Å². The summed E-state index contributed by atoms with van der Waals surface area (Å²) in [6, 6.07) is 6.68. The number of benzene rings is 1. The number of carbonyl (C=O) groups excluding carboxylic acids is 2. The van der Waals surface area contributed by atoms with Gasteiger partial charge in [-0.2, -0.15) is 0 Å². The highest BCUT2D eigenvalue weighted by molar-refractivity contribution is 6.31. The Morgan fingerprint density at radius 2 is 2.08 bits per heavy atom. The van der Waals surface area contributed by atoms with E-state index in [4.69, 9.17) is 17.3 Å². The Labute approximate surface area is 154 Å². The van der Waals surface area contributed by atoms with E-state index in [1.165, 1.54) is 0 Å². The zero-order valence-corrected chi connectivity index (χ0v) is 15.6. The quantitative estimate of drug-likeness (QED) is 0.804. The molecule has 0 bridgehead atoms. The molecule has 0 radical (unpaired) electrons. The number of hydrogen-bond acceptors (Lipinski definition) is 3. The van der Waals surface area contributed by atoms with Gasteiger partial charge in [-0.3, -0.25) is 9.59 Å². The Bertz CT molecular complexity index is 583. The molecule has 1 unspecified atom stereocenters. The molecule has 5 nitrogen and oxygen atoms in total. The van der Waals surface area contributed by atoms with E-state index in [1.807, 2.05) is 26.0 Å². The Hall–Kier alpha value is -1.30. The van der Waals surface area contributed by atoms with Crippen molar-refractivity contribution in [3.63, 3.8) is 0 Å². The highest BCUT2D eigenvalue weighted by atomic mass is 35.5. The van der Waals surface area contributed by atoms with Gasteiger partial charge < -0.3 is 16.0 Å². The lowest BCUT2D eigenvalue weighted by Gasteiger charge is -2.29. The molecule has 0 aliphatic carbocycles. The monoisotopic (exact) mass is 373 g/mol. The van der Waals surface area contributed by atoms with Crippen LogP contribution in [0, 0.1) is 5.41 Å². The number of hydrogen-bond donors (Lipinski definition) is 2. The molecule has 1 aromatic rings. The summed E-state index contributed by atoms with van der Waals surface area (Å²) >= 11 is 5.99. The lowest BCUT2D eigenvalue weighted by atomic mass is 9.81. The van der Waals surface area contributed by atoms with Gasteiger partial charge in [-0.05, 0) is 37.5 Å². The van der Waals surface area contributed by atoms with Crippen molar-refractivity contribution in [3.8, 4) is 0 Å². The van der Waals surface area contributed by atoms with E-state index in [9.17, 15) is 9.59 Å². The number of amides is 2. The average molecular weight is 374 g/mol. The molecule has 134 valence electrons. The smallest absolute Gasteiger partial charge is 0.249 e. The second-order valence-corrected chi connectivity index (χ2v) is 6.41. The molecule has 2 amide bonds. The predicted octanol–water partition coefficient (Wildman–Crippen LogP) is 2.75. The lowest BCUT2D eigenvalue weighted by Crippen LogP contribution is -2.51. The molecular formula is C17H25Cl2N3O2. The maximum absolute atomic E-state index is 12.6. The molecule has 0 saturated carbocycles. The van der Waals surface area contributed by atoms with Crippen LogP contribution in [-0.2, 0) is 9.59 Å². The summed E-state index contributed by atoms with van der Waals surface area (Å²) in [6.45, 7) is 4.75. The highest BCUT2D eigenvalue weighted by Gasteiger charge is 2.39. The van der Waals surface area contributed by atoms with Crippen molar-refractivity contribution in [3.05, 3.63) is 29.3 Å². The molecule has 24 heavy (non-hydrogen) atoms. The molecule has 1 aliphatic rings. The first-order valence-electron chi connectivity index (χ1n) is 8.05. The van der Waals surface area contributed by atoms with Gasteiger partial charge in [0, 0.05) is 23.8 Å². The molecule has 0 spiro atoms. The molecule has 0 aromatic heterocycles. The fraction of sp³-hybridized carbons (Fsp3) is 0.529. The Balaban J connectivity index is 0.00000288. The minimum absolute atomic E-state index is 0. The van der Waals surface area contributed by atoms with Crippen molar-refractivity contribution >= 4 is 41.5 Å². The van der Waals surface area contributed by atoms with Crippen molar-refractivity contribution < 1.29 is 9.59 Å². The maximum atomic E-state index is 12.6. The van der Waals surface area contributed by atoms with Crippen molar-refractivity contribution in [2.45, 2.75) is 39.2 Å². The van der Waals surface area contributed by atoms with Crippen LogP contribution in [0.5, 0.6) is 0 Å². The van der Waals surface area contributed by atoms with Crippen LogP contribution in [0.1, 0.15) is 33.1 Å². The molecule has 1 heterocycles. The molecule has 1 aliphatic heterocycles. The molecular weight excluding hydrogens is 349 g/mol. The summed E-state index contributed by atoms with van der Waals surface area (Å²) in [5.41, 5.74) is 5.97. The normalized spacial score (nSPS) is 17.6. The minimum Gasteiger partial charge on any atom is -0.344 e. The van der Waals surface area contributed by atoms with Gasteiger partial charge in [0.15, 0.2) is 0 Å². The van der Waals surface area contributed by atoms with E-state index in [-0.39, 0.29) is 30.8 Å². The van der Waals surface area contributed by atoms with Gasteiger partial charge in [-0.1, -0.05) is 31.5 Å². The van der Waals surface area contributed by atoms with Crippen LogP contribution in [0.3, 0.4) is 0 Å². The maximum Gasteiger partial charge on any atom is 0.249 e. The van der Waals surface area contributed by atoms with Crippen LogP contribution >= 0.6 is 24.0 Å². The van der Waals surface area contributed by atoms with E-state index in [0.717, 1.165) is 5.69 Å². The second kappa shape index (κ2) is 8.70. The zero-order valence-electron chi connectivity index (χ0n) is 14.0. The van der Waals surface area contributed by atoms with E-state index >= 15 is 0 Å². The third-order valence-corrected chi connectivity index (χ3v) is 5.09. The van der Waals surface area contributed by atoms with Gasteiger partial charge in [0.2, 0.25) is 11.8 Å². The minimum atomic E-state index is -0.593. The number of nitrogens with one attached hydrogen (secondary N) is 1. The molecule has 1 aromatic carbocycles. The molecule has 1 fully saturated rings. The van der Waals surface area contributed by atoms with E-state index in [2.05, 4.69) is 5.32 Å². The first-order valence-corrected chi connectivity index (χ1v) is 8.43. The summed E-state index contributed by atoms with van der Waals surface area (Å²) in [7, 11) is 0. The predicted molar refractivity (Wildman–Crippen MR) is 99.7 cm³/mol. The Morgan fingerprint density at radius 3 is 2.62 bits per heavy atom. The van der Waals surface area contributed by atoms with Crippen molar-refractivity contribution in [1.82, 2.24) is 5.32 Å². The van der Waals surface area contributed by atoms with Crippen LogP contribution in [0.25, 0.3) is 0 Å². The van der Waals surface area contributed by atoms with Gasteiger partial charge in [0.05, 0.1) is 5.41 Å². The van der Waals surface area contributed by atoms with Crippen LogP contribution in [0.15, 0.2) is 24.3 Å². The Morgan fingerprint density at radius 1 is 1.42 bits per heavy atom. The van der Waals surface area contributed by atoms with E-state index in [0.29, 0.717) is 30.8 Å². The topological polar surface area (TPSA) is 75.4 Å². The van der Waals surface area contributed by atoms with Crippen LogP contribution in [0.2, 0.25) is 5.02 Å². The standard InChI is InChI=1S/C17H24ClN3O2.ClH/c1-3-17(4-2,11-19)16(23)20-14-8-9-21(15(14)22)13-7-5-6-12(18)10-13;/h5-7,10,14H,3-4,8-9,11,19H2,1-2H3,(H,20,23);1H. The number of nitrogens with two attached hydrogens (primary N) is 1. The van der Waals surface area contributed by atoms with Gasteiger partial charge in [0.25, 0.3) is 0 Å². The van der Waals surface area contributed by atoms with Crippen LogP contribution in [0.4, 0.5) is 5.69 Å². The SMILES string of the molecule is CCC(CC)(CN)C(=O)NC1CCN(c2cccc(Cl)c2)C1=O.Cl. The lowest BCUT2D eigenvalue weighted by molar-refractivity contribution is -0.134. The summed E-state index contributed by atoms with van der Waals surface area (Å²) in [5, 5.41) is 3.48. The van der Waals surface area contributed by atoms with Gasteiger partial charge in [0.1, 0.15) is 6.04 Å². The fourth-order valence-electron chi connectivity index (χ4n) is 2.98. The average Bonchev–Trinajstić information content (AvgIpc) is 2.91. The number of anilines is 1. The number of halogens is 2. The zero-order chi connectivity index (χ0) is 17.0. The molecule has 1 atom stereocenters. The van der Waals surface area contributed by atoms with Crippen molar-refractivity contribution in [1.29, 1.82) is 0 Å². The van der Waals surface area contributed by atoms with E-state index in [1.54, 1.807) is 17.0 Å². The second-order valence-electron chi connectivity index (χ2n) is 5.98. The number of carbonyl (C=O) groups is 2. The number of nitrogens with zero attached hydrogens (tertiary/aromatic N) is 1. The summed E-state index contributed by atoms with van der Waals surface area (Å²) in [5.74, 6) is -0.227. The largest absolute Gasteiger partial charge is 0.344 e. The molecule has 1 saturated heterocycles. The molecule has 7 heteroatoms. The summed E-state index contributed by atoms with van der Waals surface area (Å²) in [6.07, 6.45) is 1.90. The van der Waals surface area contributed by atoms with E-state index < -0.39 is 11.5 Å². The van der Waals surface area contributed by atoms with Gasteiger partial charge in [-0.15, -0.1) is 12.4 Å². The molecule has 2 rings (SSSR count). The van der Waals surface area contributed by atoms with Gasteiger partial charge in [-0.25, -0.2) is 0 Å². The van der Waals surface area contributed by atoms with Crippen LogP contribution < -0.4 is 16.0 Å². The summed E-state index contributed by atoms with van der Waals surface area (Å²) < 4.78 is 0. The number of rotatable bonds is 6. The first kappa shape index (κ1) is 20.7. The third kappa shape index (κ3) is 4.02. The first-order chi connectivity index (χ1) is 11.0. The highest BCUT2D eigenvalue weighted by Crippen LogP contribution is 2.28. The fourth-order valence-corrected chi connectivity index (χ4v) is 3.16.